The third-order valence-corrected chi connectivity index (χ3v) is 2.96. The number of nitrogens with zero attached hydrogens (tertiary/aromatic N) is 5. The fourth-order valence-electron chi connectivity index (χ4n) is 1.91. The first-order valence-electron chi connectivity index (χ1n) is 6.39. The van der Waals surface area contributed by atoms with E-state index in [-0.39, 0.29) is 11.5 Å². The van der Waals surface area contributed by atoms with Crippen LogP contribution in [0, 0.1) is 11.3 Å². The van der Waals surface area contributed by atoms with E-state index >= 15 is 0 Å². The molecule has 0 aliphatic carbocycles. The Morgan fingerprint density at radius 1 is 1.17 bits per heavy atom. The minimum Gasteiger partial charge on any atom is -0.493 e. The van der Waals surface area contributed by atoms with Gasteiger partial charge in [-0.1, -0.05) is 0 Å². The highest BCUT2D eigenvalue weighted by molar-refractivity contribution is 5.48. The molecule has 1 aromatic carbocycles. The standard InChI is InChI=1S/C14H9F2N5O2/c1-22-10-6-8(7-17)2-3-9(10)23-12-5-4-11-18-19-14(13(15)16)21(11)20-12/h2-6,13H,1H3. The van der Waals surface area contributed by atoms with Gasteiger partial charge in [-0.25, -0.2) is 8.78 Å². The van der Waals surface area contributed by atoms with Crippen molar-refractivity contribution in [3.05, 3.63) is 41.7 Å². The summed E-state index contributed by atoms with van der Waals surface area (Å²) in [7, 11) is 1.43. The Morgan fingerprint density at radius 3 is 2.70 bits per heavy atom. The molecule has 0 spiro atoms. The number of alkyl halides is 2. The molecule has 0 saturated heterocycles. The number of aromatic nitrogens is 4. The molecule has 0 atom stereocenters. The normalized spacial score (nSPS) is 10.7. The zero-order chi connectivity index (χ0) is 16.4. The summed E-state index contributed by atoms with van der Waals surface area (Å²) in [5.41, 5.74) is 0.579. The number of hydrogen-bond acceptors (Lipinski definition) is 6. The maximum atomic E-state index is 12.8. The molecule has 2 aromatic heterocycles. The molecule has 0 aliphatic rings. The maximum absolute atomic E-state index is 12.8. The topological polar surface area (TPSA) is 85.3 Å². The zero-order valence-corrected chi connectivity index (χ0v) is 11.8. The number of halogens is 2. The van der Waals surface area contributed by atoms with Crippen molar-refractivity contribution in [2.45, 2.75) is 6.43 Å². The van der Waals surface area contributed by atoms with Crippen LogP contribution in [0.15, 0.2) is 30.3 Å². The highest BCUT2D eigenvalue weighted by atomic mass is 19.3. The molecule has 0 bridgehead atoms. The van der Waals surface area contributed by atoms with Gasteiger partial charge in [0.25, 0.3) is 6.43 Å². The van der Waals surface area contributed by atoms with Crippen LogP contribution < -0.4 is 9.47 Å². The van der Waals surface area contributed by atoms with Gasteiger partial charge in [0.1, 0.15) is 0 Å². The minimum atomic E-state index is -2.81. The zero-order valence-electron chi connectivity index (χ0n) is 11.8. The van der Waals surface area contributed by atoms with E-state index in [1.54, 1.807) is 6.07 Å². The lowest BCUT2D eigenvalue weighted by Gasteiger charge is -2.09. The summed E-state index contributed by atoms with van der Waals surface area (Å²) in [6.07, 6.45) is -2.81. The Bertz CT molecular complexity index is 904. The van der Waals surface area contributed by atoms with E-state index in [0.29, 0.717) is 17.1 Å². The van der Waals surface area contributed by atoms with Gasteiger partial charge in [0, 0.05) is 12.1 Å². The smallest absolute Gasteiger partial charge is 0.299 e. The molecule has 0 fully saturated rings. The highest BCUT2D eigenvalue weighted by Crippen LogP contribution is 2.31. The highest BCUT2D eigenvalue weighted by Gasteiger charge is 2.17. The molecule has 0 saturated carbocycles. The first-order chi connectivity index (χ1) is 11.1. The van der Waals surface area contributed by atoms with Crippen molar-refractivity contribution in [1.82, 2.24) is 19.8 Å². The number of ether oxygens (including phenoxy) is 2. The van der Waals surface area contributed by atoms with Crippen molar-refractivity contribution >= 4 is 5.65 Å². The maximum Gasteiger partial charge on any atom is 0.299 e. The SMILES string of the molecule is COc1cc(C#N)ccc1Oc1ccc2nnc(C(F)F)n2n1. The number of rotatable bonds is 4. The molecule has 23 heavy (non-hydrogen) atoms. The molecule has 3 aromatic rings. The van der Waals surface area contributed by atoms with E-state index in [0.717, 1.165) is 4.52 Å². The van der Waals surface area contributed by atoms with Crippen molar-refractivity contribution in [2.75, 3.05) is 7.11 Å². The monoisotopic (exact) mass is 317 g/mol. The van der Waals surface area contributed by atoms with Gasteiger partial charge in [0.05, 0.1) is 18.7 Å². The summed E-state index contributed by atoms with van der Waals surface area (Å²) in [6, 6.07) is 9.47. The lowest BCUT2D eigenvalue weighted by molar-refractivity contribution is 0.137. The molecule has 0 N–H and O–H groups in total. The second-order valence-electron chi connectivity index (χ2n) is 4.38. The number of fused-ring (bicyclic) bond motifs is 1. The van der Waals surface area contributed by atoms with Crippen molar-refractivity contribution in [3.8, 4) is 23.4 Å². The van der Waals surface area contributed by atoms with Crippen LogP contribution in [-0.2, 0) is 0 Å². The van der Waals surface area contributed by atoms with Gasteiger partial charge in [-0.3, -0.25) is 0 Å². The van der Waals surface area contributed by atoms with Crippen LogP contribution >= 0.6 is 0 Å². The van der Waals surface area contributed by atoms with E-state index in [2.05, 4.69) is 15.3 Å². The van der Waals surface area contributed by atoms with Crippen LogP contribution in [0.4, 0.5) is 8.78 Å². The summed E-state index contributed by atoms with van der Waals surface area (Å²) >= 11 is 0. The van der Waals surface area contributed by atoms with Gasteiger partial charge in [-0.2, -0.15) is 9.78 Å². The quantitative estimate of drug-likeness (QED) is 0.735. The Morgan fingerprint density at radius 2 is 2.00 bits per heavy atom. The molecule has 0 unspecified atom stereocenters. The first kappa shape index (κ1) is 14.6. The Kier molecular flexibility index (Phi) is 3.72. The lowest BCUT2D eigenvalue weighted by atomic mass is 10.2. The fourth-order valence-corrected chi connectivity index (χ4v) is 1.91. The van der Waals surface area contributed by atoms with Gasteiger partial charge < -0.3 is 9.47 Å². The second kappa shape index (κ2) is 5.84. The third kappa shape index (κ3) is 2.74. The molecule has 7 nitrogen and oxygen atoms in total. The van der Waals surface area contributed by atoms with Crippen molar-refractivity contribution in [2.24, 2.45) is 0 Å². The van der Waals surface area contributed by atoms with Gasteiger partial charge >= 0.3 is 0 Å². The average Bonchev–Trinajstić information content (AvgIpc) is 2.98. The summed E-state index contributed by atoms with van der Waals surface area (Å²) in [5, 5.41) is 19.8. The third-order valence-electron chi connectivity index (χ3n) is 2.96. The van der Waals surface area contributed by atoms with Crippen LogP contribution in [0.2, 0.25) is 0 Å². The van der Waals surface area contributed by atoms with E-state index < -0.39 is 12.2 Å². The predicted molar refractivity (Wildman–Crippen MR) is 73.5 cm³/mol. The van der Waals surface area contributed by atoms with Crippen LogP contribution in [0.25, 0.3) is 5.65 Å². The van der Waals surface area contributed by atoms with Crippen molar-refractivity contribution < 1.29 is 18.3 Å². The Balaban J connectivity index is 1.98. The first-order valence-corrected chi connectivity index (χ1v) is 6.39. The molecule has 0 aliphatic heterocycles. The van der Waals surface area contributed by atoms with Gasteiger partial charge in [-0.05, 0) is 18.2 Å². The largest absolute Gasteiger partial charge is 0.493 e. The summed E-state index contributed by atoms with van der Waals surface area (Å²) < 4.78 is 37.3. The summed E-state index contributed by atoms with van der Waals surface area (Å²) in [5.74, 6) is 0.105. The van der Waals surface area contributed by atoms with Crippen LogP contribution in [0.3, 0.4) is 0 Å². The molecular weight excluding hydrogens is 308 g/mol. The summed E-state index contributed by atoms with van der Waals surface area (Å²) in [6.45, 7) is 0. The number of hydrogen-bond donors (Lipinski definition) is 0. The number of benzene rings is 1. The molecule has 2 heterocycles. The van der Waals surface area contributed by atoms with E-state index in [1.165, 1.54) is 31.4 Å². The Hall–Kier alpha value is -3.28. The molecular formula is C14H9F2N5O2. The van der Waals surface area contributed by atoms with Gasteiger partial charge in [0.15, 0.2) is 17.1 Å². The van der Waals surface area contributed by atoms with E-state index in [9.17, 15) is 8.78 Å². The molecule has 116 valence electrons. The molecule has 0 radical (unpaired) electrons. The van der Waals surface area contributed by atoms with Crippen molar-refractivity contribution in [1.29, 1.82) is 5.26 Å². The van der Waals surface area contributed by atoms with Crippen molar-refractivity contribution in [3.63, 3.8) is 0 Å². The minimum absolute atomic E-state index is 0.0576. The molecule has 0 amide bonds. The molecule has 9 heteroatoms. The van der Waals surface area contributed by atoms with Crippen LogP contribution in [-0.4, -0.2) is 26.9 Å². The Labute approximate surface area is 128 Å². The fraction of sp³-hybridized carbons (Fsp3) is 0.143. The van der Waals surface area contributed by atoms with Crippen LogP contribution in [0.5, 0.6) is 17.4 Å². The second-order valence-corrected chi connectivity index (χ2v) is 4.38. The lowest BCUT2D eigenvalue weighted by Crippen LogP contribution is -2.01. The van der Waals surface area contributed by atoms with Gasteiger partial charge in [0.2, 0.25) is 11.7 Å². The predicted octanol–water partition coefficient (Wildman–Crippen LogP) is 2.73. The van der Waals surface area contributed by atoms with Gasteiger partial charge in [-0.15, -0.1) is 15.3 Å². The van der Waals surface area contributed by atoms with E-state index in [1.807, 2.05) is 6.07 Å². The van der Waals surface area contributed by atoms with Crippen LogP contribution in [0.1, 0.15) is 17.8 Å². The van der Waals surface area contributed by atoms with E-state index in [4.69, 9.17) is 14.7 Å². The average molecular weight is 317 g/mol. The summed E-state index contributed by atoms with van der Waals surface area (Å²) in [4.78, 5) is 0. The molecule has 3 rings (SSSR count). The number of nitriles is 1. The number of methoxy groups -OCH3 is 1.